The van der Waals surface area contributed by atoms with Gasteiger partial charge in [-0.05, 0) is 50.2 Å². The number of aryl methyl sites for hydroxylation is 2. The normalized spacial score (nSPS) is 15.0. The molecule has 1 aromatic heterocycles. The maximum Gasteiger partial charge on any atom is 0.251 e. The summed E-state index contributed by atoms with van der Waals surface area (Å²) in [6.45, 7) is 4.57. The third-order valence-electron chi connectivity index (χ3n) is 5.30. The lowest BCUT2D eigenvalue weighted by Crippen LogP contribution is -2.32. The van der Waals surface area contributed by atoms with E-state index in [0.29, 0.717) is 36.7 Å². The first-order valence-electron chi connectivity index (χ1n) is 9.92. The Labute approximate surface area is 188 Å². The van der Waals surface area contributed by atoms with E-state index in [-0.39, 0.29) is 11.9 Å². The minimum atomic E-state index is -0.187. The van der Waals surface area contributed by atoms with Gasteiger partial charge in [0.05, 0.1) is 31.0 Å². The Morgan fingerprint density at radius 2 is 2.06 bits per heavy atom. The van der Waals surface area contributed by atoms with Crippen LogP contribution in [0, 0.1) is 13.8 Å². The van der Waals surface area contributed by atoms with Crippen molar-refractivity contribution in [3.05, 3.63) is 69.0 Å². The standard InChI is InChI=1S/C23H23BrN2O5/c1-13-18(14(2)31-26-13)12-30-21-6-4-15(10-22(21)28-3)23(27)25-19-8-9-29-20-7-5-16(24)11-17(19)20/h4-7,10-11,19H,8-9,12H2,1-3H3,(H,25,27). The van der Waals surface area contributed by atoms with Gasteiger partial charge in [0.1, 0.15) is 18.1 Å². The SMILES string of the molecule is COc1cc(C(=O)NC2CCOc3ccc(Br)cc32)ccc1OCc1c(C)noc1C. The molecule has 162 valence electrons. The summed E-state index contributed by atoms with van der Waals surface area (Å²) < 4.78 is 23.2. The molecule has 2 aromatic carbocycles. The van der Waals surface area contributed by atoms with Crippen LogP contribution in [0.5, 0.6) is 17.2 Å². The summed E-state index contributed by atoms with van der Waals surface area (Å²) in [6.07, 6.45) is 0.699. The summed E-state index contributed by atoms with van der Waals surface area (Å²) in [6, 6.07) is 10.8. The van der Waals surface area contributed by atoms with Crippen molar-refractivity contribution in [1.82, 2.24) is 10.5 Å². The summed E-state index contributed by atoms with van der Waals surface area (Å²) >= 11 is 3.49. The molecule has 1 unspecified atom stereocenters. The van der Waals surface area contributed by atoms with Crippen LogP contribution in [-0.4, -0.2) is 24.8 Å². The molecule has 0 saturated carbocycles. The van der Waals surface area contributed by atoms with Crippen molar-refractivity contribution in [2.24, 2.45) is 0 Å². The number of rotatable bonds is 6. The molecule has 8 heteroatoms. The third kappa shape index (κ3) is 4.54. The van der Waals surface area contributed by atoms with E-state index in [1.807, 2.05) is 32.0 Å². The van der Waals surface area contributed by atoms with E-state index < -0.39 is 0 Å². The number of nitrogens with one attached hydrogen (secondary N) is 1. The van der Waals surface area contributed by atoms with Gasteiger partial charge in [-0.15, -0.1) is 0 Å². The number of ether oxygens (including phenoxy) is 3. The predicted molar refractivity (Wildman–Crippen MR) is 118 cm³/mol. The maximum absolute atomic E-state index is 12.9. The summed E-state index contributed by atoms with van der Waals surface area (Å²) in [5.41, 5.74) is 3.13. The fourth-order valence-corrected chi connectivity index (χ4v) is 3.92. The average molecular weight is 487 g/mol. The van der Waals surface area contributed by atoms with E-state index in [4.69, 9.17) is 18.7 Å². The number of carbonyl (C=O) groups excluding carboxylic acids is 1. The molecule has 4 rings (SSSR count). The van der Waals surface area contributed by atoms with Crippen LogP contribution >= 0.6 is 15.9 Å². The monoisotopic (exact) mass is 486 g/mol. The van der Waals surface area contributed by atoms with Gasteiger partial charge < -0.3 is 24.1 Å². The van der Waals surface area contributed by atoms with E-state index in [9.17, 15) is 4.79 Å². The number of methoxy groups -OCH3 is 1. The Kier molecular flexibility index (Phi) is 6.18. The van der Waals surface area contributed by atoms with Crippen molar-refractivity contribution >= 4 is 21.8 Å². The van der Waals surface area contributed by atoms with Crippen LogP contribution in [0.4, 0.5) is 0 Å². The highest BCUT2D eigenvalue weighted by Gasteiger charge is 2.24. The van der Waals surface area contributed by atoms with Gasteiger partial charge in [0.15, 0.2) is 11.5 Å². The van der Waals surface area contributed by atoms with Gasteiger partial charge in [-0.1, -0.05) is 21.1 Å². The second-order valence-electron chi connectivity index (χ2n) is 7.30. The van der Waals surface area contributed by atoms with Crippen molar-refractivity contribution in [2.75, 3.05) is 13.7 Å². The first-order valence-corrected chi connectivity index (χ1v) is 10.7. The molecule has 0 spiro atoms. The van der Waals surface area contributed by atoms with E-state index in [1.54, 1.807) is 25.3 Å². The molecule has 3 aromatic rings. The topological polar surface area (TPSA) is 82.8 Å². The van der Waals surface area contributed by atoms with Crippen molar-refractivity contribution < 1.29 is 23.5 Å². The lowest BCUT2D eigenvalue weighted by Gasteiger charge is -2.27. The molecule has 31 heavy (non-hydrogen) atoms. The minimum Gasteiger partial charge on any atom is -0.493 e. The van der Waals surface area contributed by atoms with Gasteiger partial charge in [0.25, 0.3) is 5.91 Å². The molecule has 2 heterocycles. The van der Waals surface area contributed by atoms with Crippen LogP contribution in [0.25, 0.3) is 0 Å². The highest BCUT2D eigenvalue weighted by atomic mass is 79.9. The number of halogens is 1. The Morgan fingerprint density at radius 1 is 1.23 bits per heavy atom. The average Bonchev–Trinajstić information content (AvgIpc) is 3.09. The molecule has 7 nitrogen and oxygen atoms in total. The summed E-state index contributed by atoms with van der Waals surface area (Å²) in [4.78, 5) is 12.9. The van der Waals surface area contributed by atoms with E-state index in [1.165, 1.54) is 0 Å². The zero-order valence-electron chi connectivity index (χ0n) is 17.5. The first kappa shape index (κ1) is 21.2. The summed E-state index contributed by atoms with van der Waals surface area (Å²) in [5.74, 6) is 2.35. The van der Waals surface area contributed by atoms with Gasteiger partial charge in [0.2, 0.25) is 0 Å². The lowest BCUT2D eigenvalue weighted by molar-refractivity contribution is 0.0924. The van der Waals surface area contributed by atoms with E-state index in [2.05, 4.69) is 26.4 Å². The van der Waals surface area contributed by atoms with Crippen molar-refractivity contribution in [1.29, 1.82) is 0 Å². The highest BCUT2D eigenvalue weighted by Crippen LogP contribution is 2.35. The minimum absolute atomic E-state index is 0.129. The first-order chi connectivity index (χ1) is 15.0. The molecule has 1 N–H and O–H groups in total. The van der Waals surface area contributed by atoms with Gasteiger partial charge in [0, 0.05) is 22.0 Å². The van der Waals surface area contributed by atoms with E-state index in [0.717, 1.165) is 32.8 Å². The number of carbonyl (C=O) groups is 1. The molecule has 1 atom stereocenters. The number of hydrogen-bond donors (Lipinski definition) is 1. The quantitative estimate of drug-likeness (QED) is 0.533. The Hall–Kier alpha value is -3.00. The molecule has 0 radical (unpaired) electrons. The fraction of sp³-hybridized carbons (Fsp3) is 0.304. The highest BCUT2D eigenvalue weighted by molar-refractivity contribution is 9.10. The van der Waals surface area contributed by atoms with Crippen molar-refractivity contribution in [3.8, 4) is 17.2 Å². The number of nitrogens with zero attached hydrogens (tertiary/aromatic N) is 1. The lowest BCUT2D eigenvalue weighted by atomic mass is 10.00. The summed E-state index contributed by atoms with van der Waals surface area (Å²) in [7, 11) is 1.55. The molecule has 1 aliphatic rings. The number of amides is 1. The molecule has 0 saturated heterocycles. The Morgan fingerprint density at radius 3 is 2.81 bits per heavy atom. The smallest absolute Gasteiger partial charge is 0.251 e. The Balaban J connectivity index is 1.49. The van der Waals surface area contributed by atoms with Crippen LogP contribution < -0.4 is 19.5 Å². The molecule has 1 aliphatic heterocycles. The van der Waals surface area contributed by atoms with E-state index >= 15 is 0 Å². The number of fused-ring (bicyclic) bond motifs is 1. The summed E-state index contributed by atoms with van der Waals surface area (Å²) in [5, 5.41) is 7.04. The Bertz CT molecular complexity index is 1090. The van der Waals surface area contributed by atoms with Gasteiger partial charge in [-0.25, -0.2) is 0 Å². The number of benzene rings is 2. The van der Waals surface area contributed by atoms with Gasteiger partial charge >= 0.3 is 0 Å². The van der Waals surface area contributed by atoms with Gasteiger partial charge in [-0.3, -0.25) is 4.79 Å². The number of aromatic nitrogens is 1. The number of hydrogen-bond acceptors (Lipinski definition) is 6. The molecule has 1 amide bonds. The van der Waals surface area contributed by atoms with Crippen LogP contribution in [0.2, 0.25) is 0 Å². The fourth-order valence-electron chi connectivity index (χ4n) is 3.54. The predicted octanol–water partition coefficient (Wildman–Crippen LogP) is 4.90. The van der Waals surface area contributed by atoms with Crippen molar-refractivity contribution in [2.45, 2.75) is 32.9 Å². The van der Waals surface area contributed by atoms with Crippen LogP contribution in [0.1, 0.15) is 45.4 Å². The van der Waals surface area contributed by atoms with Crippen LogP contribution in [0.3, 0.4) is 0 Å². The molecular weight excluding hydrogens is 464 g/mol. The van der Waals surface area contributed by atoms with Crippen LogP contribution in [0.15, 0.2) is 45.4 Å². The third-order valence-corrected chi connectivity index (χ3v) is 5.79. The maximum atomic E-state index is 12.9. The molecular formula is C23H23BrN2O5. The molecule has 0 aliphatic carbocycles. The second-order valence-corrected chi connectivity index (χ2v) is 8.22. The zero-order chi connectivity index (χ0) is 22.0. The van der Waals surface area contributed by atoms with Crippen LogP contribution in [-0.2, 0) is 6.61 Å². The van der Waals surface area contributed by atoms with Crippen molar-refractivity contribution in [3.63, 3.8) is 0 Å². The molecule has 0 fully saturated rings. The van der Waals surface area contributed by atoms with Gasteiger partial charge in [-0.2, -0.15) is 0 Å². The molecule has 0 bridgehead atoms. The largest absolute Gasteiger partial charge is 0.493 e. The second kappa shape index (κ2) is 9.01. The zero-order valence-corrected chi connectivity index (χ0v) is 19.1.